The minimum atomic E-state index is -0.0227. The highest BCUT2D eigenvalue weighted by Crippen LogP contribution is 2.24. The Morgan fingerprint density at radius 2 is 1.91 bits per heavy atom. The predicted octanol–water partition coefficient (Wildman–Crippen LogP) is 1.80. The molecule has 3 heterocycles. The summed E-state index contributed by atoms with van der Waals surface area (Å²) in [5.41, 5.74) is 2.75. The molecule has 1 saturated heterocycles. The summed E-state index contributed by atoms with van der Waals surface area (Å²) in [6, 6.07) is 7.87. The first-order chi connectivity index (χ1) is 15.5. The van der Waals surface area contributed by atoms with Crippen LogP contribution in [0.5, 0.6) is 0 Å². The van der Waals surface area contributed by atoms with Crippen LogP contribution in [-0.2, 0) is 23.1 Å². The molecule has 1 aliphatic rings. The van der Waals surface area contributed by atoms with E-state index in [9.17, 15) is 9.59 Å². The molecule has 1 N–H and O–H groups in total. The molecule has 0 spiro atoms. The van der Waals surface area contributed by atoms with Gasteiger partial charge in [0.15, 0.2) is 5.65 Å². The fourth-order valence-corrected chi connectivity index (χ4v) is 4.64. The number of carbonyl (C=O) groups is 2. The zero-order chi connectivity index (χ0) is 22.5. The number of carbonyl (C=O) groups excluding carboxylic acids is 2. The number of hydrogen-bond donors (Lipinski definition) is 1. The number of piperazine rings is 1. The molecule has 10 heteroatoms. The van der Waals surface area contributed by atoms with Crippen LogP contribution in [0.4, 0.5) is 5.69 Å². The molecule has 1 aromatic carbocycles. The normalized spacial score (nSPS) is 14.6. The van der Waals surface area contributed by atoms with Gasteiger partial charge in [-0.05, 0) is 18.1 Å². The summed E-state index contributed by atoms with van der Waals surface area (Å²) >= 11 is 1.41. The number of aryl methyl sites for hydroxylation is 2. The van der Waals surface area contributed by atoms with Gasteiger partial charge in [0.25, 0.3) is 0 Å². The number of amides is 2. The van der Waals surface area contributed by atoms with Crippen molar-refractivity contribution in [2.75, 3.05) is 43.8 Å². The summed E-state index contributed by atoms with van der Waals surface area (Å²) in [5, 5.41) is 8.84. The van der Waals surface area contributed by atoms with E-state index < -0.39 is 0 Å². The maximum atomic E-state index is 12.7. The number of benzene rings is 1. The fourth-order valence-electron chi connectivity index (χ4n) is 3.78. The lowest BCUT2D eigenvalue weighted by Crippen LogP contribution is -2.50. The Balaban J connectivity index is 1.24. The summed E-state index contributed by atoms with van der Waals surface area (Å²) in [4.78, 5) is 37.7. The minimum absolute atomic E-state index is 0.0227. The Morgan fingerprint density at radius 3 is 2.69 bits per heavy atom. The first kappa shape index (κ1) is 22.2. The van der Waals surface area contributed by atoms with E-state index in [1.807, 2.05) is 36.2 Å². The van der Waals surface area contributed by atoms with E-state index in [2.05, 4.69) is 32.2 Å². The molecule has 1 fully saturated rings. The van der Waals surface area contributed by atoms with Crippen LogP contribution in [0.3, 0.4) is 0 Å². The largest absolute Gasteiger partial charge is 0.339 e. The van der Waals surface area contributed by atoms with Crippen molar-refractivity contribution in [1.82, 2.24) is 29.5 Å². The fraction of sp³-hybridized carbons (Fsp3) is 0.409. The molecule has 0 atom stereocenters. The van der Waals surface area contributed by atoms with Crippen molar-refractivity contribution >= 4 is 40.3 Å². The molecule has 168 valence electrons. The first-order valence-corrected chi connectivity index (χ1v) is 11.7. The maximum Gasteiger partial charge on any atom is 0.238 e. The van der Waals surface area contributed by atoms with Gasteiger partial charge in [0.05, 0.1) is 23.9 Å². The summed E-state index contributed by atoms with van der Waals surface area (Å²) in [6.45, 7) is 4.99. The molecule has 0 saturated carbocycles. The Hall–Kier alpha value is -2.98. The second kappa shape index (κ2) is 10.1. The molecule has 32 heavy (non-hydrogen) atoms. The van der Waals surface area contributed by atoms with Gasteiger partial charge in [0, 0.05) is 38.9 Å². The summed E-state index contributed by atoms with van der Waals surface area (Å²) in [5.74, 6) is 0.368. The van der Waals surface area contributed by atoms with Crippen LogP contribution in [0.25, 0.3) is 11.0 Å². The lowest BCUT2D eigenvalue weighted by molar-refractivity contribution is -0.130. The topological polar surface area (TPSA) is 96.2 Å². The Labute approximate surface area is 191 Å². The summed E-state index contributed by atoms with van der Waals surface area (Å²) in [7, 11) is 1.83. The average molecular weight is 454 g/mol. The summed E-state index contributed by atoms with van der Waals surface area (Å²) < 4.78 is 1.69. The van der Waals surface area contributed by atoms with Crippen LogP contribution in [0.1, 0.15) is 12.5 Å². The van der Waals surface area contributed by atoms with Crippen molar-refractivity contribution in [1.29, 1.82) is 0 Å². The van der Waals surface area contributed by atoms with Crippen molar-refractivity contribution in [2.45, 2.75) is 18.4 Å². The van der Waals surface area contributed by atoms with Crippen molar-refractivity contribution in [3.05, 3.63) is 42.4 Å². The number of hydrogen-bond acceptors (Lipinski definition) is 7. The van der Waals surface area contributed by atoms with E-state index in [-0.39, 0.29) is 11.8 Å². The van der Waals surface area contributed by atoms with E-state index in [0.29, 0.717) is 38.5 Å². The van der Waals surface area contributed by atoms with Crippen LogP contribution in [0, 0.1) is 0 Å². The molecule has 3 aromatic rings. The SMILES string of the molecule is CCc1ccccc1NC(=O)CN1CCN(C(=O)CSc2ncnc3c2cnn3C)CC1. The molecular formula is C22H27N7O2S. The molecule has 4 rings (SSSR count). The molecular weight excluding hydrogens is 426 g/mol. The quantitative estimate of drug-likeness (QED) is 0.430. The molecule has 1 aliphatic heterocycles. The number of fused-ring (bicyclic) bond motifs is 1. The van der Waals surface area contributed by atoms with E-state index in [4.69, 9.17) is 0 Å². The summed E-state index contributed by atoms with van der Waals surface area (Å²) in [6.07, 6.45) is 4.10. The van der Waals surface area contributed by atoms with E-state index in [0.717, 1.165) is 33.7 Å². The first-order valence-electron chi connectivity index (χ1n) is 10.7. The van der Waals surface area contributed by atoms with Crippen LogP contribution >= 0.6 is 11.8 Å². The van der Waals surface area contributed by atoms with E-state index >= 15 is 0 Å². The molecule has 0 radical (unpaired) electrons. The van der Waals surface area contributed by atoms with Crippen molar-refractivity contribution in [2.24, 2.45) is 7.05 Å². The van der Waals surface area contributed by atoms with Crippen LogP contribution < -0.4 is 5.32 Å². The number of thioether (sulfide) groups is 1. The number of nitrogens with zero attached hydrogens (tertiary/aromatic N) is 6. The lowest BCUT2D eigenvalue weighted by Gasteiger charge is -2.34. The third-order valence-electron chi connectivity index (χ3n) is 5.59. The molecule has 2 aromatic heterocycles. The minimum Gasteiger partial charge on any atom is -0.339 e. The van der Waals surface area contributed by atoms with Crippen molar-refractivity contribution < 1.29 is 9.59 Å². The third-order valence-corrected chi connectivity index (χ3v) is 6.58. The Morgan fingerprint density at radius 1 is 1.12 bits per heavy atom. The zero-order valence-corrected chi connectivity index (χ0v) is 19.1. The second-order valence-electron chi connectivity index (χ2n) is 7.69. The maximum absolute atomic E-state index is 12.7. The molecule has 0 unspecified atom stereocenters. The molecule has 0 bridgehead atoms. The Kier molecular flexibility index (Phi) is 7.01. The van der Waals surface area contributed by atoms with Gasteiger partial charge in [0.1, 0.15) is 11.4 Å². The second-order valence-corrected chi connectivity index (χ2v) is 8.65. The number of nitrogens with one attached hydrogen (secondary N) is 1. The Bertz CT molecular complexity index is 1110. The lowest BCUT2D eigenvalue weighted by atomic mass is 10.1. The highest BCUT2D eigenvalue weighted by atomic mass is 32.2. The molecule has 2 amide bonds. The van der Waals surface area contributed by atoms with Gasteiger partial charge >= 0.3 is 0 Å². The monoisotopic (exact) mass is 453 g/mol. The van der Waals surface area contributed by atoms with Gasteiger partial charge in [-0.15, -0.1) is 0 Å². The number of anilines is 1. The molecule has 9 nitrogen and oxygen atoms in total. The average Bonchev–Trinajstić information content (AvgIpc) is 3.19. The number of aromatic nitrogens is 4. The van der Waals surface area contributed by atoms with Gasteiger partial charge in [-0.2, -0.15) is 5.10 Å². The van der Waals surface area contributed by atoms with Gasteiger partial charge in [-0.25, -0.2) is 9.97 Å². The van der Waals surface area contributed by atoms with Gasteiger partial charge in [-0.1, -0.05) is 36.9 Å². The van der Waals surface area contributed by atoms with Crippen LogP contribution in [-0.4, -0.2) is 79.8 Å². The van der Waals surface area contributed by atoms with E-state index in [1.54, 1.807) is 10.9 Å². The van der Waals surface area contributed by atoms with Crippen molar-refractivity contribution in [3.8, 4) is 0 Å². The van der Waals surface area contributed by atoms with Crippen molar-refractivity contribution in [3.63, 3.8) is 0 Å². The highest BCUT2D eigenvalue weighted by Gasteiger charge is 2.23. The standard InChI is InChI=1S/C22H27N7O2S/c1-3-16-6-4-5-7-18(16)26-19(30)13-28-8-10-29(11-9-28)20(31)14-32-22-17-12-25-27(2)21(17)23-15-24-22/h4-7,12,15H,3,8-11,13-14H2,1-2H3,(H,26,30). The van der Waals surface area contributed by atoms with Crippen LogP contribution in [0.15, 0.2) is 41.8 Å². The van der Waals surface area contributed by atoms with Gasteiger partial charge in [0.2, 0.25) is 11.8 Å². The predicted molar refractivity (Wildman–Crippen MR) is 124 cm³/mol. The van der Waals surface area contributed by atoms with Gasteiger partial charge in [-0.3, -0.25) is 19.2 Å². The molecule has 0 aliphatic carbocycles. The third kappa shape index (κ3) is 5.08. The van der Waals surface area contributed by atoms with E-state index in [1.165, 1.54) is 18.1 Å². The number of rotatable bonds is 7. The van der Waals surface area contributed by atoms with Crippen LogP contribution in [0.2, 0.25) is 0 Å². The van der Waals surface area contributed by atoms with Gasteiger partial charge < -0.3 is 10.2 Å². The highest BCUT2D eigenvalue weighted by molar-refractivity contribution is 8.00. The number of para-hydroxylation sites is 1. The smallest absolute Gasteiger partial charge is 0.238 e. The zero-order valence-electron chi connectivity index (χ0n) is 18.3.